The molecular formula is C9H20N2O4S. The first kappa shape index (κ1) is 15.3. The van der Waals surface area contributed by atoms with Gasteiger partial charge in [-0.05, 0) is 19.3 Å². The van der Waals surface area contributed by atoms with Crippen LogP contribution < -0.4 is 9.44 Å². The Bertz CT molecular complexity index is 343. The van der Waals surface area contributed by atoms with E-state index in [1.165, 1.54) is 0 Å². The molecule has 0 fully saturated rings. The lowest BCUT2D eigenvalue weighted by molar-refractivity contribution is -0.141. The average Bonchev–Trinajstić information content (AvgIpc) is 1.94. The lowest BCUT2D eigenvalue weighted by Gasteiger charge is -2.27. The first-order chi connectivity index (χ1) is 6.96. The van der Waals surface area contributed by atoms with Gasteiger partial charge in [0.2, 0.25) is 0 Å². The van der Waals surface area contributed by atoms with Gasteiger partial charge in [0.15, 0.2) is 0 Å². The van der Waals surface area contributed by atoms with Crippen LogP contribution >= 0.6 is 0 Å². The van der Waals surface area contributed by atoms with Crippen LogP contribution in [0, 0.1) is 5.41 Å². The van der Waals surface area contributed by atoms with E-state index in [0.717, 1.165) is 0 Å². The van der Waals surface area contributed by atoms with Crippen LogP contribution in [-0.4, -0.2) is 31.6 Å². The Balaban J connectivity index is 4.85. The first-order valence-corrected chi connectivity index (χ1v) is 6.46. The van der Waals surface area contributed by atoms with Crippen LogP contribution in [0.15, 0.2) is 0 Å². The zero-order valence-corrected chi connectivity index (χ0v) is 11.1. The molecule has 0 bridgehead atoms. The second kappa shape index (κ2) is 5.11. The molecule has 1 atom stereocenters. The SMILES string of the molecule is CC(C)NS(=O)(=O)N[C@H](C(=O)O)C(C)(C)C. The molecule has 0 aromatic rings. The van der Waals surface area contributed by atoms with E-state index in [0.29, 0.717) is 0 Å². The topological polar surface area (TPSA) is 95.5 Å². The van der Waals surface area contributed by atoms with E-state index >= 15 is 0 Å². The summed E-state index contributed by atoms with van der Waals surface area (Å²) in [5.74, 6) is -1.19. The lowest BCUT2D eigenvalue weighted by Crippen LogP contribution is -2.53. The van der Waals surface area contributed by atoms with E-state index in [1.807, 2.05) is 0 Å². The summed E-state index contributed by atoms with van der Waals surface area (Å²) in [6, 6.07) is -1.45. The molecule has 3 N–H and O–H groups in total. The summed E-state index contributed by atoms with van der Waals surface area (Å²) in [4.78, 5) is 11.0. The van der Waals surface area contributed by atoms with Crippen molar-refractivity contribution >= 4 is 16.2 Å². The normalized spacial score (nSPS) is 15.1. The summed E-state index contributed by atoms with van der Waals surface area (Å²) >= 11 is 0. The number of hydrogen-bond acceptors (Lipinski definition) is 3. The third-order valence-corrected chi connectivity index (χ3v) is 3.10. The molecule has 0 aliphatic carbocycles. The average molecular weight is 252 g/mol. The van der Waals surface area contributed by atoms with E-state index in [-0.39, 0.29) is 6.04 Å². The van der Waals surface area contributed by atoms with Crippen LogP contribution in [0.25, 0.3) is 0 Å². The van der Waals surface area contributed by atoms with Crippen molar-refractivity contribution in [1.29, 1.82) is 0 Å². The van der Waals surface area contributed by atoms with E-state index in [1.54, 1.807) is 34.6 Å². The molecular weight excluding hydrogens is 232 g/mol. The summed E-state index contributed by atoms with van der Waals surface area (Å²) < 4.78 is 27.4. The van der Waals surface area contributed by atoms with Crippen molar-refractivity contribution in [3.8, 4) is 0 Å². The van der Waals surface area contributed by atoms with E-state index < -0.39 is 27.6 Å². The second-order valence-corrected chi connectivity index (χ2v) is 6.51. The Morgan fingerprint density at radius 3 is 1.88 bits per heavy atom. The van der Waals surface area contributed by atoms with Crippen molar-refractivity contribution in [3.05, 3.63) is 0 Å². The van der Waals surface area contributed by atoms with Crippen molar-refractivity contribution in [1.82, 2.24) is 9.44 Å². The minimum atomic E-state index is -3.79. The Hall–Kier alpha value is -0.660. The summed E-state index contributed by atoms with van der Waals surface area (Å²) in [5, 5.41) is 8.95. The van der Waals surface area contributed by atoms with Gasteiger partial charge in [0.1, 0.15) is 6.04 Å². The fraction of sp³-hybridized carbons (Fsp3) is 0.889. The maximum Gasteiger partial charge on any atom is 0.322 e. The third kappa shape index (κ3) is 5.43. The first-order valence-electron chi connectivity index (χ1n) is 4.98. The van der Waals surface area contributed by atoms with Crippen LogP contribution in [0.4, 0.5) is 0 Å². The van der Waals surface area contributed by atoms with Crippen molar-refractivity contribution in [3.63, 3.8) is 0 Å². The lowest BCUT2D eigenvalue weighted by atomic mass is 9.88. The zero-order valence-electron chi connectivity index (χ0n) is 10.2. The molecule has 0 saturated heterocycles. The fourth-order valence-electron chi connectivity index (χ4n) is 1.10. The van der Waals surface area contributed by atoms with E-state index in [9.17, 15) is 13.2 Å². The minimum absolute atomic E-state index is 0.285. The monoisotopic (exact) mass is 252 g/mol. The molecule has 0 radical (unpaired) electrons. The van der Waals surface area contributed by atoms with Crippen molar-refractivity contribution in [2.75, 3.05) is 0 Å². The van der Waals surface area contributed by atoms with E-state index in [4.69, 9.17) is 5.11 Å². The molecule has 0 spiro atoms. The number of nitrogens with one attached hydrogen (secondary N) is 2. The molecule has 16 heavy (non-hydrogen) atoms. The molecule has 96 valence electrons. The molecule has 0 rings (SSSR count). The molecule has 0 aromatic carbocycles. The van der Waals surface area contributed by atoms with Crippen LogP contribution in [0.2, 0.25) is 0 Å². The van der Waals surface area contributed by atoms with Crippen molar-refractivity contribution < 1.29 is 18.3 Å². The second-order valence-electron chi connectivity index (χ2n) is 5.03. The van der Waals surface area contributed by atoms with Crippen LogP contribution in [-0.2, 0) is 15.0 Å². The highest BCUT2D eigenvalue weighted by Gasteiger charge is 2.34. The maximum absolute atomic E-state index is 11.5. The fourth-order valence-corrected chi connectivity index (χ4v) is 2.55. The van der Waals surface area contributed by atoms with Crippen LogP contribution in [0.3, 0.4) is 0 Å². The van der Waals surface area contributed by atoms with Gasteiger partial charge in [-0.1, -0.05) is 20.8 Å². The Morgan fingerprint density at radius 2 is 1.62 bits per heavy atom. The smallest absolute Gasteiger partial charge is 0.322 e. The number of carboxylic acid groups (broad SMARTS) is 1. The minimum Gasteiger partial charge on any atom is -0.480 e. The van der Waals surface area contributed by atoms with Gasteiger partial charge in [0.05, 0.1) is 0 Å². The Kier molecular flexibility index (Phi) is 4.90. The van der Waals surface area contributed by atoms with Crippen molar-refractivity contribution in [2.45, 2.75) is 46.7 Å². The van der Waals surface area contributed by atoms with Gasteiger partial charge in [-0.3, -0.25) is 4.79 Å². The highest BCUT2D eigenvalue weighted by molar-refractivity contribution is 7.87. The van der Waals surface area contributed by atoms with Gasteiger partial charge in [-0.15, -0.1) is 0 Å². The predicted molar refractivity (Wildman–Crippen MR) is 61.2 cm³/mol. The van der Waals surface area contributed by atoms with Crippen LogP contribution in [0.1, 0.15) is 34.6 Å². The van der Waals surface area contributed by atoms with Gasteiger partial charge in [-0.25, -0.2) is 0 Å². The summed E-state index contributed by atoms with van der Waals surface area (Å²) in [6.45, 7) is 8.29. The standard InChI is InChI=1S/C9H20N2O4S/c1-6(2)10-16(14,15)11-7(8(12)13)9(3,4)5/h6-7,10-11H,1-5H3,(H,12,13)/t7-/m1/s1. The van der Waals surface area contributed by atoms with Crippen molar-refractivity contribution in [2.24, 2.45) is 5.41 Å². The number of hydrogen-bond donors (Lipinski definition) is 3. The quantitative estimate of drug-likeness (QED) is 0.656. The van der Waals surface area contributed by atoms with Crippen LogP contribution in [0.5, 0.6) is 0 Å². The summed E-state index contributed by atoms with van der Waals surface area (Å²) in [5.41, 5.74) is -0.697. The molecule has 0 heterocycles. The number of carbonyl (C=O) groups is 1. The number of aliphatic carboxylic acids is 1. The molecule has 6 nitrogen and oxygen atoms in total. The Labute approximate surface area is 96.6 Å². The van der Waals surface area contributed by atoms with Gasteiger partial charge >= 0.3 is 5.97 Å². The Morgan fingerprint density at radius 1 is 1.19 bits per heavy atom. The number of rotatable bonds is 5. The summed E-state index contributed by atoms with van der Waals surface area (Å²) in [6.07, 6.45) is 0. The third-order valence-electron chi connectivity index (χ3n) is 1.78. The molecule has 0 aromatic heterocycles. The van der Waals surface area contributed by atoms with Gasteiger partial charge in [-0.2, -0.15) is 17.9 Å². The summed E-state index contributed by atoms with van der Waals surface area (Å²) in [7, 11) is -3.79. The molecule has 0 aliphatic heterocycles. The van der Waals surface area contributed by atoms with Gasteiger partial charge in [0, 0.05) is 6.04 Å². The molecule has 0 unspecified atom stereocenters. The highest BCUT2D eigenvalue weighted by atomic mass is 32.2. The maximum atomic E-state index is 11.5. The largest absolute Gasteiger partial charge is 0.480 e. The molecule has 0 aliphatic rings. The highest BCUT2D eigenvalue weighted by Crippen LogP contribution is 2.19. The van der Waals surface area contributed by atoms with Gasteiger partial charge < -0.3 is 5.11 Å². The molecule has 0 amide bonds. The van der Waals surface area contributed by atoms with Gasteiger partial charge in [0.25, 0.3) is 10.2 Å². The molecule has 7 heteroatoms. The predicted octanol–water partition coefficient (Wildman–Crippen LogP) is 0.318. The zero-order chi connectivity index (χ0) is 13.1. The number of carboxylic acids is 1. The molecule has 0 saturated carbocycles. The van der Waals surface area contributed by atoms with E-state index in [2.05, 4.69) is 9.44 Å².